The first kappa shape index (κ1) is 12.6. The van der Waals surface area contributed by atoms with Crippen LogP contribution < -0.4 is 0 Å². The second-order valence-electron chi connectivity index (χ2n) is 4.68. The first-order valence-corrected chi connectivity index (χ1v) is 7.04. The van der Waals surface area contributed by atoms with E-state index in [1.807, 2.05) is 10.9 Å². The van der Waals surface area contributed by atoms with Crippen LogP contribution in [0.2, 0.25) is 0 Å². The number of fused-ring (bicyclic) bond motifs is 1. The van der Waals surface area contributed by atoms with Crippen molar-refractivity contribution in [3.05, 3.63) is 47.3 Å². The van der Waals surface area contributed by atoms with Gasteiger partial charge in [-0.3, -0.25) is 0 Å². The number of aryl methyl sites for hydroxylation is 1. The minimum atomic E-state index is 0.0653. The standard InChI is InChI=1S/C14H16ClN3O/c15-7-5-12-9-18(17-16-12)10-14-13-4-2-1-3-11(13)6-8-19-14/h1-4,9,14H,5-8,10H2. The molecule has 0 N–H and O–H groups in total. The minimum Gasteiger partial charge on any atom is -0.371 e. The number of hydrogen-bond donors (Lipinski definition) is 0. The maximum Gasteiger partial charge on any atom is 0.102 e. The van der Waals surface area contributed by atoms with E-state index in [0.717, 1.165) is 25.1 Å². The fourth-order valence-corrected chi connectivity index (χ4v) is 2.63. The van der Waals surface area contributed by atoms with Crippen LogP contribution in [-0.4, -0.2) is 27.5 Å². The van der Waals surface area contributed by atoms with Crippen molar-refractivity contribution in [3.63, 3.8) is 0 Å². The van der Waals surface area contributed by atoms with E-state index in [4.69, 9.17) is 16.3 Å². The van der Waals surface area contributed by atoms with E-state index in [1.54, 1.807) is 0 Å². The zero-order valence-corrected chi connectivity index (χ0v) is 11.4. The fourth-order valence-electron chi connectivity index (χ4n) is 2.44. The second-order valence-corrected chi connectivity index (χ2v) is 5.06. The van der Waals surface area contributed by atoms with Crippen molar-refractivity contribution in [2.75, 3.05) is 12.5 Å². The molecular formula is C14H16ClN3O. The molecule has 0 aliphatic carbocycles. The van der Waals surface area contributed by atoms with Crippen molar-refractivity contribution < 1.29 is 4.74 Å². The van der Waals surface area contributed by atoms with Gasteiger partial charge in [-0.05, 0) is 17.5 Å². The molecule has 0 spiro atoms. The van der Waals surface area contributed by atoms with Crippen LogP contribution in [-0.2, 0) is 24.1 Å². The summed E-state index contributed by atoms with van der Waals surface area (Å²) >= 11 is 5.70. The third-order valence-corrected chi connectivity index (χ3v) is 3.57. The summed E-state index contributed by atoms with van der Waals surface area (Å²) in [4.78, 5) is 0. The van der Waals surface area contributed by atoms with Crippen molar-refractivity contribution in [2.45, 2.75) is 25.5 Å². The molecule has 1 aliphatic rings. The molecule has 1 unspecified atom stereocenters. The molecule has 19 heavy (non-hydrogen) atoms. The molecule has 1 aromatic heterocycles. The summed E-state index contributed by atoms with van der Waals surface area (Å²) in [5.41, 5.74) is 3.57. The van der Waals surface area contributed by atoms with E-state index in [1.165, 1.54) is 11.1 Å². The van der Waals surface area contributed by atoms with Gasteiger partial charge in [0.25, 0.3) is 0 Å². The maximum absolute atomic E-state index is 5.86. The molecule has 1 aliphatic heterocycles. The lowest BCUT2D eigenvalue weighted by Gasteiger charge is -2.25. The molecule has 1 aromatic carbocycles. The third-order valence-electron chi connectivity index (χ3n) is 3.38. The maximum atomic E-state index is 5.86. The summed E-state index contributed by atoms with van der Waals surface area (Å²) in [6, 6.07) is 8.44. The molecule has 3 rings (SSSR count). The lowest BCUT2D eigenvalue weighted by Crippen LogP contribution is -2.20. The number of alkyl halides is 1. The molecule has 2 heterocycles. The van der Waals surface area contributed by atoms with Gasteiger partial charge in [0.1, 0.15) is 6.10 Å². The zero-order valence-electron chi connectivity index (χ0n) is 10.6. The molecule has 0 radical (unpaired) electrons. The van der Waals surface area contributed by atoms with Crippen LogP contribution in [0.25, 0.3) is 0 Å². The summed E-state index contributed by atoms with van der Waals surface area (Å²) in [6.45, 7) is 1.47. The predicted octanol–water partition coefficient (Wildman–Crippen LogP) is 2.37. The summed E-state index contributed by atoms with van der Waals surface area (Å²) < 4.78 is 7.70. The molecule has 0 amide bonds. The van der Waals surface area contributed by atoms with Gasteiger partial charge in [-0.15, -0.1) is 16.7 Å². The van der Waals surface area contributed by atoms with Crippen LogP contribution in [0.4, 0.5) is 0 Å². The second kappa shape index (κ2) is 5.72. The molecule has 0 bridgehead atoms. The fraction of sp³-hybridized carbons (Fsp3) is 0.429. The highest BCUT2D eigenvalue weighted by Gasteiger charge is 2.21. The van der Waals surface area contributed by atoms with Crippen LogP contribution in [0, 0.1) is 0 Å². The number of halogens is 1. The van der Waals surface area contributed by atoms with Crippen molar-refractivity contribution in [3.8, 4) is 0 Å². The van der Waals surface area contributed by atoms with Gasteiger partial charge in [0.2, 0.25) is 0 Å². The largest absolute Gasteiger partial charge is 0.371 e. The first-order chi connectivity index (χ1) is 9.36. The Balaban J connectivity index is 1.76. The Bertz CT molecular complexity index is 555. The summed E-state index contributed by atoms with van der Waals surface area (Å²) in [5, 5.41) is 8.23. The molecule has 0 saturated carbocycles. The first-order valence-electron chi connectivity index (χ1n) is 6.51. The summed E-state index contributed by atoms with van der Waals surface area (Å²) in [5.74, 6) is 0.571. The normalized spacial score (nSPS) is 18.3. The van der Waals surface area contributed by atoms with Crippen LogP contribution in [0.3, 0.4) is 0 Å². The van der Waals surface area contributed by atoms with Gasteiger partial charge < -0.3 is 4.74 Å². The van der Waals surface area contributed by atoms with Crippen molar-refractivity contribution in [1.29, 1.82) is 0 Å². The number of nitrogens with zero attached hydrogens (tertiary/aromatic N) is 3. The van der Waals surface area contributed by atoms with Crippen molar-refractivity contribution in [1.82, 2.24) is 15.0 Å². The van der Waals surface area contributed by atoms with E-state index in [0.29, 0.717) is 12.4 Å². The molecule has 2 aromatic rings. The molecular weight excluding hydrogens is 262 g/mol. The zero-order chi connectivity index (χ0) is 13.1. The number of aromatic nitrogens is 3. The van der Waals surface area contributed by atoms with Crippen LogP contribution in [0.15, 0.2) is 30.5 Å². The molecule has 0 saturated heterocycles. The average Bonchev–Trinajstić information content (AvgIpc) is 2.87. The third kappa shape index (κ3) is 2.80. The van der Waals surface area contributed by atoms with Crippen LogP contribution >= 0.6 is 11.6 Å². The van der Waals surface area contributed by atoms with Crippen LogP contribution in [0.5, 0.6) is 0 Å². The van der Waals surface area contributed by atoms with Gasteiger partial charge in [0, 0.05) is 18.5 Å². The summed E-state index contributed by atoms with van der Waals surface area (Å²) in [7, 11) is 0. The Morgan fingerprint density at radius 1 is 1.37 bits per heavy atom. The van der Waals surface area contributed by atoms with Crippen molar-refractivity contribution in [2.24, 2.45) is 0 Å². The molecule has 100 valence electrons. The lowest BCUT2D eigenvalue weighted by atomic mass is 9.98. The Morgan fingerprint density at radius 3 is 3.16 bits per heavy atom. The predicted molar refractivity (Wildman–Crippen MR) is 73.3 cm³/mol. The Hall–Kier alpha value is -1.39. The SMILES string of the molecule is ClCCc1cn(CC2OCCc3ccccc32)nn1. The van der Waals surface area contributed by atoms with Crippen molar-refractivity contribution >= 4 is 11.6 Å². The van der Waals surface area contributed by atoms with Gasteiger partial charge >= 0.3 is 0 Å². The van der Waals surface area contributed by atoms with Gasteiger partial charge in [0.05, 0.1) is 18.8 Å². The Labute approximate surface area is 117 Å². The highest BCUT2D eigenvalue weighted by atomic mass is 35.5. The minimum absolute atomic E-state index is 0.0653. The molecule has 4 nitrogen and oxygen atoms in total. The average molecular weight is 278 g/mol. The van der Waals surface area contributed by atoms with E-state index in [2.05, 4.69) is 34.6 Å². The highest BCUT2D eigenvalue weighted by Crippen LogP contribution is 2.27. The van der Waals surface area contributed by atoms with Gasteiger partial charge in [-0.2, -0.15) is 0 Å². The number of rotatable bonds is 4. The van der Waals surface area contributed by atoms with Crippen LogP contribution in [0.1, 0.15) is 22.9 Å². The number of ether oxygens (including phenoxy) is 1. The molecule has 5 heteroatoms. The highest BCUT2D eigenvalue weighted by molar-refractivity contribution is 6.17. The topological polar surface area (TPSA) is 39.9 Å². The van der Waals surface area contributed by atoms with E-state index >= 15 is 0 Å². The Kier molecular flexibility index (Phi) is 3.80. The van der Waals surface area contributed by atoms with Gasteiger partial charge in [-0.25, -0.2) is 4.68 Å². The van der Waals surface area contributed by atoms with E-state index in [-0.39, 0.29) is 6.10 Å². The van der Waals surface area contributed by atoms with E-state index < -0.39 is 0 Å². The number of benzene rings is 1. The quantitative estimate of drug-likeness (QED) is 0.806. The van der Waals surface area contributed by atoms with Gasteiger partial charge in [0.15, 0.2) is 0 Å². The summed E-state index contributed by atoms with van der Waals surface area (Å²) in [6.07, 6.45) is 3.75. The number of hydrogen-bond acceptors (Lipinski definition) is 3. The Morgan fingerprint density at radius 2 is 2.26 bits per heavy atom. The lowest BCUT2D eigenvalue weighted by molar-refractivity contribution is 0.0279. The smallest absolute Gasteiger partial charge is 0.102 e. The van der Waals surface area contributed by atoms with E-state index in [9.17, 15) is 0 Å². The molecule has 0 fully saturated rings. The van der Waals surface area contributed by atoms with Gasteiger partial charge in [-0.1, -0.05) is 29.5 Å². The monoisotopic (exact) mass is 277 g/mol. The molecule has 1 atom stereocenters.